The van der Waals surface area contributed by atoms with E-state index in [4.69, 9.17) is 15.2 Å². The van der Waals surface area contributed by atoms with E-state index in [-0.39, 0.29) is 29.7 Å². The van der Waals surface area contributed by atoms with E-state index in [2.05, 4.69) is 9.97 Å². The molecule has 1 aromatic heterocycles. The maximum absolute atomic E-state index is 13.2. The predicted molar refractivity (Wildman–Crippen MR) is 88.8 cm³/mol. The average Bonchev–Trinajstić information content (AvgIpc) is 2.61. The van der Waals surface area contributed by atoms with Crippen molar-refractivity contribution < 1.29 is 19.4 Å². The number of piperidine rings is 1. The summed E-state index contributed by atoms with van der Waals surface area (Å²) in [6.45, 7) is 4.31. The van der Waals surface area contributed by atoms with Gasteiger partial charge in [-0.25, -0.2) is 9.97 Å². The number of fused-ring (bicyclic) bond motifs is 3. The van der Waals surface area contributed by atoms with Crippen LogP contribution in [0.1, 0.15) is 28.9 Å². The lowest BCUT2D eigenvalue weighted by Gasteiger charge is -2.57. The van der Waals surface area contributed by atoms with Gasteiger partial charge >= 0.3 is 0 Å². The molecule has 3 saturated heterocycles. The molecule has 25 heavy (non-hydrogen) atoms. The third-order valence-electron chi connectivity index (χ3n) is 5.94. The van der Waals surface area contributed by atoms with Gasteiger partial charge in [-0.3, -0.25) is 4.79 Å². The summed E-state index contributed by atoms with van der Waals surface area (Å²) < 4.78 is 11.2. The molecule has 0 spiro atoms. The Kier molecular flexibility index (Phi) is 4.13. The minimum atomic E-state index is -0.827. The average molecular weight is 348 g/mol. The Balaban J connectivity index is 1.67. The molecule has 1 aromatic rings. The highest BCUT2D eigenvalue weighted by atomic mass is 16.5. The molecule has 0 radical (unpaired) electrons. The first-order chi connectivity index (χ1) is 12.0. The van der Waals surface area contributed by atoms with Gasteiger partial charge in [-0.05, 0) is 13.3 Å². The van der Waals surface area contributed by atoms with Crippen LogP contribution in [0.25, 0.3) is 0 Å². The third-order valence-corrected chi connectivity index (χ3v) is 5.94. The van der Waals surface area contributed by atoms with Crippen LogP contribution in [0.4, 0.5) is 5.95 Å². The van der Waals surface area contributed by atoms with E-state index in [1.54, 1.807) is 6.92 Å². The Morgan fingerprint density at radius 2 is 2.20 bits per heavy atom. The van der Waals surface area contributed by atoms with E-state index < -0.39 is 5.60 Å². The van der Waals surface area contributed by atoms with Gasteiger partial charge in [0, 0.05) is 50.3 Å². The van der Waals surface area contributed by atoms with Crippen molar-refractivity contribution in [1.29, 1.82) is 0 Å². The van der Waals surface area contributed by atoms with Crippen LogP contribution in [0.2, 0.25) is 0 Å². The Labute approximate surface area is 146 Å². The first kappa shape index (κ1) is 16.7. The van der Waals surface area contributed by atoms with Crippen molar-refractivity contribution in [3.8, 4) is 0 Å². The van der Waals surface area contributed by atoms with Gasteiger partial charge in [-0.1, -0.05) is 0 Å². The maximum Gasteiger partial charge on any atom is 0.257 e. The Hall–Kier alpha value is -1.77. The molecule has 0 aromatic carbocycles. The lowest BCUT2D eigenvalue weighted by atomic mass is 9.66. The minimum Gasteiger partial charge on any atom is -0.389 e. The number of nitrogen functional groups attached to an aromatic ring is 1. The maximum atomic E-state index is 13.2. The summed E-state index contributed by atoms with van der Waals surface area (Å²) in [4.78, 5) is 23.2. The second-order valence-corrected chi connectivity index (χ2v) is 7.24. The first-order valence-corrected chi connectivity index (χ1v) is 8.78. The number of carbonyl (C=O) groups is 1. The number of carbonyl (C=O) groups excluding carboxylic acids is 1. The fourth-order valence-electron chi connectivity index (χ4n) is 4.54. The molecular weight excluding hydrogens is 324 g/mol. The number of aliphatic hydroxyl groups is 1. The number of nitrogens with two attached hydrogens (primary N) is 1. The molecule has 4 heterocycles. The number of hydrogen-bond acceptors (Lipinski definition) is 7. The van der Waals surface area contributed by atoms with Crippen molar-refractivity contribution in [1.82, 2.24) is 14.9 Å². The lowest BCUT2D eigenvalue weighted by Crippen LogP contribution is -2.68. The van der Waals surface area contributed by atoms with Crippen LogP contribution in [-0.2, 0) is 9.47 Å². The number of aromatic nitrogens is 2. The number of amides is 1. The van der Waals surface area contributed by atoms with Gasteiger partial charge in [-0.2, -0.15) is 0 Å². The predicted octanol–water partition coefficient (Wildman–Crippen LogP) is -0.00428. The highest BCUT2D eigenvalue weighted by Crippen LogP contribution is 2.44. The van der Waals surface area contributed by atoms with Gasteiger partial charge in [0.25, 0.3) is 5.91 Å². The molecular formula is C17H24N4O4. The smallest absolute Gasteiger partial charge is 0.257 e. The SMILES string of the molecule is Cc1nc(N)ncc1C(=O)N1C[C@@H]2COCC[C@]2(O)[C@H]2COCC[C@H]21. The molecule has 0 bridgehead atoms. The number of hydrogen-bond donors (Lipinski definition) is 2. The third kappa shape index (κ3) is 2.68. The van der Waals surface area contributed by atoms with Crippen LogP contribution in [0.5, 0.6) is 0 Å². The van der Waals surface area contributed by atoms with Crippen molar-refractivity contribution >= 4 is 11.9 Å². The van der Waals surface area contributed by atoms with Gasteiger partial charge in [0.2, 0.25) is 5.95 Å². The summed E-state index contributed by atoms with van der Waals surface area (Å²) >= 11 is 0. The zero-order chi connectivity index (χ0) is 17.6. The summed E-state index contributed by atoms with van der Waals surface area (Å²) in [5.74, 6) is -0.153. The van der Waals surface area contributed by atoms with Crippen LogP contribution >= 0.6 is 0 Å². The Morgan fingerprint density at radius 3 is 3.00 bits per heavy atom. The molecule has 3 aliphatic heterocycles. The fraction of sp³-hybridized carbons (Fsp3) is 0.706. The summed E-state index contributed by atoms with van der Waals surface area (Å²) in [5, 5.41) is 11.3. The van der Waals surface area contributed by atoms with E-state index in [1.165, 1.54) is 6.20 Å². The number of likely N-dealkylation sites (tertiary alicyclic amines) is 1. The van der Waals surface area contributed by atoms with Gasteiger partial charge in [-0.15, -0.1) is 0 Å². The van der Waals surface area contributed by atoms with Gasteiger partial charge in [0.05, 0.1) is 30.1 Å². The molecule has 0 aliphatic carbocycles. The van der Waals surface area contributed by atoms with E-state index in [1.807, 2.05) is 4.90 Å². The topological polar surface area (TPSA) is 111 Å². The van der Waals surface area contributed by atoms with E-state index in [0.29, 0.717) is 50.7 Å². The second kappa shape index (κ2) is 6.19. The Morgan fingerprint density at radius 1 is 1.40 bits per heavy atom. The van der Waals surface area contributed by atoms with Gasteiger partial charge in [0.15, 0.2) is 0 Å². The fourth-order valence-corrected chi connectivity index (χ4v) is 4.54. The van der Waals surface area contributed by atoms with Crippen LogP contribution in [0.3, 0.4) is 0 Å². The molecule has 0 saturated carbocycles. The van der Waals surface area contributed by atoms with Crippen LogP contribution in [0, 0.1) is 18.8 Å². The summed E-state index contributed by atoms with van der Waals surface area (Å²) in [6, 6.07) is -0.0439. The number of ether oxygens (including phenoxy) is 2. The zero-order valence-corrected chi connectivity index (χ0v) is 14.4. The summed E-state index contributed by atoms with van der Waals surface area (Å²) in [5.41, 5.74) is 5.81. The number of rotatable bonds is 1. The number of nitrogens with zero attached hydrogens (tertiary/aromatic N) is 3. The Bertz CT molecular complexity index is 685. The molecule has 136 valence electrons. The summed E-state index contributed by atoms with van der Waals surface area (Å²) in [7, 11) is 0. The van der Waals surface area contributed by atoms with E-state index in [0.717, 1.165) is 6.42 Å². The molecule has 1 amide bonds. The highest BCUT2D eigenvalue weighted by molar-refractivity contribution is 5.95. The highest BCUT2D eigenvalue weighted by Gasteiger charge is 2.56. The first-order valence-electron chi connectivity index (χ1n) is 8.78. The second-order valence-electron chi connectivity index (χ2n) is 7.24. The van der Waals surface area contributed by atoms with Crippen molar-refractivity contribution in [3.63, 3.8) is 0 Å². The van der Waals surface area contributed by atoms with Crippen molar-refractivity contribution in [2.75, 3.05) is 38.7 Å². The molecule has 3 fully saturated rings. The largest absolute Gasteiger partial charge is 0.389 e. The van der Waals surface area contributed by atoms with Crippen molar-refractivity contribution in [2.45, 2.75) is 31.4 Å². The lowest BCUT2D eigenvalue weighted by molar-refractivity contribution is -0.212. The number of anilines is 1. The molecule has 3 aliphatic rings. The molecule has 4 rings (SSSR count). The van der Waals surface area contributed by atoms with Crippen molar-refractivity contribution in [3.05, 3.63) is 17.5 Å². The molecule has 3 N–H and O–H groups in total. The van der Waals surface area contributed by atoms with Crippen LogP contribution in [0.15, 0.2) is 6.20 Å². The monoisotopic (exact) mass is 348 g/mol. The standard InChI is InChI=1S/C17H24N4O4/c1-10-12(6-19-16(18)20-10)15(22)21-7-11-8-25-5-3-17(11,23)13-9-24-4-2-14(13)21/h6,11,13-14,23H,2-5,7-9H2,1H3,(H2,18,19,20)/t11-,13+,14-,17-/m1/s1. The van der Waals surface area contributed by atoms with Crippen LogP contribution in [-0.4, -0.2) is 70.5 Å². The normalized spacial score (nSPS) is 35.0. The molecule has 8 nitrogen and oxygen atoms in total. The van der Waals surface area contributed by atoms with Crippen molar-refractivity contribution in [2.24, 2.45) is 11.8 Å². The zero-order valence-electron chi connectivity index (χ0n) is 14.4. The minimum absolute atomic E-state index is 0.0439. The van der Waals surface area contributed by atoms with Gasteiger partial charge < -0.3 is 25.2 Å². The number of aryl methyl sites for hydroxylation is 1. The molecule has 8 heteroatoms. The quantitative estimate of drug-likeness (QED) is 0.734. The molecule has 4 atom stereocenters. The van der Waals surface area contributed by atoms with E-state index >= 15 is 0 Å². The van der Waals surface area contributed by atoms with Gasteiger partial charge in [0.1, 0.15) is 0 Å². The van der Waals surface area contributed by atoms with E-state index in [9.17, 15) is 9.90 Å². The van der Waals surface area contributed by atoms with Crippen LogP contribution < -0.4 is 5.73 Å². The molecule has 0 unspecified atom stereocenters. The summed E-state index contributed by atoms with van der Waals surface area (Å²) in [6.07, 6.45) is 2.81.